The first kappa shape index (κ1) is 17.4. The van der Waals surface area contributed by atoms with Gasteiger partial charge in [-0.15, -0.1) is 0 Å². The van der Waals surface area contributed by atoms with Crippen LogP contribution in [-0.4, -0.2) is 24.0 Å². The molecular weight excluding hydrogens is 345 g/mol. The van der Waals surface area contributed by atoms with Gasteiger partial charge < -0.3 is 9.64 Å². The molecule has 1 heterocycles. The smallest absolute Gasteiger partial charge is 0.343 e. The summed E-state index contributed by atoms with van der Waals surface area (Å²) in [5.74, 6) is -2.08. The van der Waals surface area contributed by atoms with Crippen molar-refractivity contribution in [1.82, 2.24) is 0 Å². The van der Waals surface area contributed by atoms with Gasteiger partial charge in [-0.3, -0.25) is 4.79 Å². The molecule has 4 nitrogen and oxygen atoms in total. The summed E-state index contributed by atoms with van der Waals surface area (Å²) in [5, 5.41) is -0.0514. The average molecular weight is 362 g/mol. The Hall–Kier alpha value is -2.40. The predicted molar refractivity (Wildman–Crippen MR) is 93.4 cm³/mol. The summed E-state index contributed by atoms with van der Waals surface area (Å²) >= 11 is 5.87. The van der Waals surface area contributed by atoms with Crippen LogP contribution in [0.5, 0.6) is 0 Å². The maximum atomic E-state index is 13.8. The Kier molecular flexibility index (Phi) is 4.77. The maximum absolute atomic E-state index is 13.8. The van der Waals surface area contributed by atoms with Gasteiger partial charge in [-0.2, -0.15) is 0 Å². The number of hydrogen-bond donors (Lipinski definition) is 0. The van der Waals surface area contributed by atoms with Crippen molar-refractivity contribution in [1.29, 1.82) is 0 Å². The molecule has 1 aliphatic heterocycles. The Balaban J connectivity index is 1.79. The van der Waals surface area contributed by atoms with E-state index in [4.69, 9.17) is 16.3 Å². The summed E-state index contributed by atoms with van der Waals surface area (Å²) in [6.07, 6.45) is -0.321. The number of nitrogens with zero attached hydrogens (tertiary/aromatic N) is 1. The first-order valence-corrected chi connectivity index (χ1v) is 8.34. The molecule has 0 saturated carbocycles. The van der Waals surface area contributed by atoms with Crippen LogP contribution in [0.3, 0.4) is 0 Å². The highest BCUT2D eigenvalue weighted by atomic mass is 35.5. The van der Waals surface area contributed by atoms with E-state index < -0.39 is 17.9 Å². The van der Waals surface area contributed by atoms with Crippen LogP contribution in [0.1, 0.15) is 29.8 Å². The van der Waals surface area contributed by atoms with E-state index in [2.05, 4.69) is 0 Å². The molecule has 0 aromatic heterocycles. The molecule has 3 rings (SSSR count). The Morgan fingerprint density at radius 2 is 1.96 bits per heavy atom. The summed E-state index contributed by atoms with van der Waals surface area (Å²) in [5.41, 5.74) is 1.52. The van der Waals surface area contributed by atoms with Crippen molar-refractivity contribution in [2.45, 2.75) is 32.4 Å². The van der Waals surface area contributed by atoms with Crippen LogP contribution < -0.4 is 4.90 Å². The molecule has 0 spiro atoms. The van der Waals surface area contributed by atoms with E-state index in [1.54, 1.807) is 4.90 Å². The fourth-order valence-electron chi connectivity index (χ4n) is 3.06. The Morgan fingerprint density at radius 1 is 1.24 bits per heavy atom. The van der Waals surface area contributed by atoms with E-state index >= 15 is 0 Å². The lowest BCUT2D eigenvalue weighted by molar-refractivity contribution is -0.126. The highest BCUT2D eigenvalue weighted by molar-refractivity contribution is 6.33. The number of esters is 1. The van der Waals surface area contributed by atoms with Crippen LogP contribution in [0.25, 0.3) is 0 Å². The summed E-state index contributed by atoms with van der Waals surface area (Å²) in [7, 11) is 0. The van der Waals surface area contributed by atoms with Crippen molar-refractivity contribution in [2.24, 2.45) is 0 Å². The predicted octanol–water partition coefficient (Wildman–Crippen LogP) is 4.00. The number of carbonyl (C=O) groups is 2. The zero-order valence-electron chi connectivity index (χ0n) is 13.8. The normalized spacial score (nSPS) is 17.1. The summed E-state index contributed by atoms with van der Waals surface area (Å²) in [6, 6.07) is 11.5. The van der Waals surface area contributed by atoms with Crippen LogP contribution in [0.15, 0.2) is 42.5 Å². The third kappa shape index (κ3) is 3.24. The molecule has 2 aromatic carbocycles. The van der Waals surface area contributed by atoms with Gasteiger partial charge in [0.05, 0.1) is 5.02 Å². The number of halogens is 2. The van der Waals surface area contributed by atoms with Crippen LogP contribution in [0, 0.1) is 5.82 Å². The molecule has 130 valence electrons. The van der Waals surface area contributed by atoms with Gasteiger partial charge in [-0.1, -0.05) is 35.9 Å². The van der Waals surface area contributed by atoms with Crippen LogP contribution >= 0.6 is 11.6 Å². The maximum Gasteiger partial charge on any atom is 0.343 e. The zero-order valence-corrected chi connectivity index (χ0v) is 14.6. The van der Waals surface area contributed by atoms with Crippen LogP contribution in [0.2, 0.25) is 5.02 Å². The molecule has 0 N–H and O–H groups in total. The summed E-state index contributed by atoms with van der Waals surface area (Å²) < 4.78 is 19.0. The van der Waals surface area contributed by atoms with E-state index in [-0.39, 0.29) is 22.5 Å². The summed E-state index contributed by atoms with van der Waals surface area (Å²) in [4.78, 5) is 26.6. The van der Waals surface area contributed by atoms with Crippen molar-refractivity contribution in [3.05, 3.63) is 64.4 Å². The molecule has 0 fully saturated rings. The van der Waals surface area contributed by atoms with E-state index in [0.29, 0.717) is 0 Å². The summed E-state index contributed by atoms with van der Waals surface area (Å²) in [6.45, 7) is 3.41. The number of amides is 1. The van der Waals surface area contributed by atoms with Crippen molar-refractivity contribution in [3.63, 3.8) is 0 Å². The van der Waals surface area contributed by atoms with Crippen LogP contribution in [-0.2, 0) is 16.0 Å². The lowest BCUT2D eigenvalue weighted by atomic mass is 10.1. The molecule has 6 heteroatoms. The van der Waals surface area contributed by atoms with Crippen molar-refractivity contribution in [3.8, 4) is 0 Å². The monoisotopic (exact) mass is 361 g/mol. The number of para-hydroxylation sites is 1. The minimum atomic E-state index is -1.06. The third-order valence-electron chi connectivity index (χ3n) is 4.24. The second kappa shape index (κ2) is 6.84. The van der Waals surface area contributed by atoms with E-state index in [0.717, 1.165) is 23.7 Å². The molecule has 0 bridgehead atoms. The Labute approximate surface area is 150 Å². The fraction of sp³-hybridized carbons (Fsp3) is 0.263. The first-order valence-electron chi connectivity index (χ1n) is 7.96. The molecule has 0 unspecified atom stereocenters. The molecule has 1 aliphatic rings. The van der Waals surface area contributed by atoms with Gasteiger partial charge in [-0.25, -0.2) is 9.18 Å². The molecule has 0 radical (unpaired) electrons. The van der Waals surface area contributed by atoms with E-state index in [9.17, 15) is 14.0 Å². The van der Waals surface area contributed by atoms with E-state index in [1.165, 1.54) is 19.1 Å². The first-order chi connectivity index (χ1) is 11.9. The van der Waals surface area contributed by atoms with Gasteiger partial charge in [0.1, 0.15) is 11.4 Å². The number of rotatable bonds is 3. The van der Waals surface area contributed by atoms with Gasteiger partial charge in [0.15, 0.2) is 6.10 Å². The Bertz CT molecular complexity index is 819. The zero-order chi connectivity index (χ0) is 18.1. The van der Waals surface area contributed by atoms with Gasteiger partial charge in [0, 0.05) is 11.7 Å². The fourth-order valence-corrected chi connectivity index (χ4v) is 3.30. The highest BCUT2D eigenvalue weighted by Crippen LogP contribution is 2.32. The number of fused-ring (bicyclic) bond motifs is 1. The minimum absolute atomic E-state index is 0.0388. The van der Waals surface area contributed by atoms with Gasteiger partial charge in [0.25, 0.3) is 5.91 Å². The number of benzene rings is 2. The highest BCUT2D eigenvalue weighted by Gasteiger charge is 2.35. The number of ether oxygens (including phenoxy) is 1. The molecule has 0 saturated heterocycles. The number of carbonyl (C=O) groups excluding carboxylic acids is 2. The second-order valence-corrected chi connectivity index (χ2v) is 6.44. The lowest BCUT2D eigenvalue weighted by Gasteiger charge is -2.26. The topological polar surface area (TPSA) is 46.6 Å². The van der Waals surface area contributed by atoms with Crippen LogP contribution in [0.4, 0.5) is 10.1 Å². The van der Waals surface area contributed by atoms with Gasteiger partial charge in [-0.05, 0) is 44.0 Å². The average Bonchev–Trinajstić information content (AvgIpc) is 2.89. The minimum Gasteiger partial charge on any atom is -0.449 e. The third-order valence-corrected chi connectivity index (χ3v) is 4.56. The molecule has 0 aliphatic carbocycles. The van der Waals surface area contributed by atoms with Crippen molar-refractivity contribution in [2.75, 3.05) is 4.90 Å². The van der Waals surface area contributed by atoms with Crippen molar-refractivity contribution >= 4 is 29.2 Å². The molecule has 2 aromatic rings. The molecule has 2 atom stereocenters. The Morgan fingerprint density at radius 3 is 2.68 bits per heavy atom. The standard InChI is InChI=1S/C19H17ClFNO3/c1-11-10-13-6-3-4-9-16(13)22(11)18(23)12(2)25-19(24)17-14(20)7-5-8-15(17)21/h3-9,11-12H,10H2,1-2H3/t11-,12+/m0/s1. The quantitative estimate of drug-likeness (QED) is 0.776. The molecule has 25 heavy (non-hydrogen) atoms. The van der Waals surface area contributed by atoms with Gasteiger partial charge in [0.2, 0.25) is 0 Å². The lowest BCUT2D eigenvalue weighted by Crippen LogP contribution is -2.43. The molecule has 1 amide bonds. The molecular formula is C19H17ClFNO3. The van der Waals surface area contributed by atoms with Crippen molar-refractivity contribution < 1.29 is 18.7 Å². The van der Waals surface area contributed by atoms with E-state index in [1.807, 2.05) is 31.2 Å². The SMILES string of the molecule is C[C@@H](OC(=O)c1c(F)cccc1Cl)C(=O)N1c2ccccc2C[C@@H]1C. The largest absolute Gasteiger partial charge is 0.449 e. The second-order valence-electron chi connectivity index (χ2n) is 6.03. The number of anilines is 1. The number of hydrogen-bond acceptors (Lipinski definition) is 3. The van der Waals surface area contributed by atoms with Gasteiger partial charge >= 0.3 is 5.97 Å².